The topological polar surface area (TPSA) is 9.23 Å². The number of rotatable bonds is 0. The van der Waals surface area contributed by atoms with Gasteiger partial charge in [0.15, 0.2) is 0 Å². The summed E-state index contributed by atoms with van der Waals surface area (Å²) in [6, 6.07) is 9.98. The summed E-state index contributed by atoms with van der Waals surface area (Å²) in [5.41, 5.74) is 1.04. The van der Waals surface area contributed by atoms with E-state index in [0.29, 0.717) is 4.83 Å². The van der Waals surface area contributed by atoms with Crippen LogP contribution in [0.15, 0.2) is 30.3 Å². The lowest BCUT2D eigenvalue weighted by Crippen LogP contribution is -2.12. The molecule has 0 bridgehead atoms. The average molecular weight is 251 g/mol. The smallest absolute Gasteiger partial charge is 0.131 e. The summed E-state index contributed by atoms with van der Waals surface area (Å²) in [4.78, 5) is 0.388. The third-order valence-electron chi connectivity index (χ3n) is 2.15. The Hall–Kier alpha value is -0.780. The van der Waals surface area contributed by atoms with Crippen LogP contribution in [0.5, 0.6) is 0 Å². The van der Waals surface area contributed by atoms with Crippen LogP contribution in [0.2, 0.25) is 0 Å². The van der Waals surface area contributed by atoms with E-state index in [0.717, 1.165) is 18.6 Å². The van der Waals surface area contributed by atoms with Crippen molar-refractivity contribution in [3.63, 3.8) is 0 Å². The molecule has 14 heavy (non-hydrogen) atoms. The third kappa shape index (κ3) is 2.37. The van der Waals surface area contributed by atoms with Gasteiger partial charge in [-0.15, -0.1) is 0 Å². The monoisotopic (exact) mass is 250 g/mol. The molecule has 1 saturated heterocycles. The fourth-order valence-corrected chi connectivity index (χ4v) is 1.84. The van der Waals surface area contributed by atoms with Crippen molar-refractivity contribution in [1.82, 2.24) is 0 Å². The van der Waals surface area contributed by atoms with Crippen LogP contribution < -0.4 is 0 Å². The van der Waals surface area contributed by atoms with E-state index in [2.05, 4.69) is 27.8 Å². The Balaban J connectivity index is 2.07. The van der Waals surface area contributed by atoms with Gasteiger partial charge in [0.2, 0.25) is 0 Å². The number of ether oxygens (including phenoxy) is 1. The zero-order valence-electron chi connectivity index (χ0n) is 7.74. The normalized spacial score (nSPS) is 25.5. The Labute approximate surface area is 92.6 Å². The van der Waals surface area contributed by atoms with Gasteiger partial charge >= 0.3 is 0 Å². The van der Waals surface area contributed by atoms with Crippen molar-refractivity contribution in [3.8, 4) is 11.8 Å². The lowest BCUT2D eigenvalue weighted by molar-refractivity contribution is 0.154. The van der Waals surface area contributed by atoms with Crippen LogP contribution in [0, 0.1) is 11.8 Å². The minimum absolute atomic E-state index is 0.0511. The minimum Gasteiger partial charge on any atom is -0.364 e. The van der Waals surface area contributed by atoms with E-state index in [1.165, 1.54) is 0 Å². The minimum atomic E-state index is 0.0511. The van der Waals surface area contributed by atoms with Crippen molar-refractivity contribution < 1.29 is 4.74 Å². The van der Waals surface area contributed by atoms with Crippen molar-refractivity contribution in [1.29, 1.82) is 0 Å². The number of halogens is 1. The zero-order chi connectivity index (χ0) is 9.80. The molecule has 0 spiro atoms. The van der Waals surface area contributed by atoms with Gasteiger partial charge in [-0.25, -0.2) is 0 Å². The van der Waals surface area contributed by atoms with Crippen LogP contribution >= 0.6 is 15.9 Å². The predicted molar refractivity (Wildman–Crippen MR) is 60.4 cm³/mol. The van der Waals surface area contributed by atoms with Crippen LogP contribution in [-0.2, 0) is 4.74 Å². The summed E-state index contributed by atoms with van der Waals surface area (Å²) in [7, 11) is 0. The molecular formula is C12H11BrO. The molecule has 2 heteroatoms. The molecule has 0 saturated carbocycles. The number of benzene rings is 1. The highest BCUT2D eigenvalue weighted by molar-refractivity contribution is 9.09. The maximum atomic E-state index is 5.47. The Kier molecular flexibility index (Phi) is 3.23. The van der Waals surface area contributed by atoms with Gasteiger partial charge in [-0.05, 0) is 18.6 Å². The Morgan fingerprint density at radius 3 is 2.71 bits per heavy atom. The summed E-state index contributed by atoms with van der Waals surface area (Å²) in [6.45, 7) is 0.810. The first-order valence-electron chi connectivity index (χ1n) is 4.68. The number of hydrogen-bond donors (Lipinski definition) is 0. The van der Waals surface area contributed by atoms with Gasteiger partial charge in [-0.1, -0.05) is 46.0 Å². The van der Waals surface area contributed by atoms with Crippen LogP contribution in [0.3, 0.4) is 0 Å². The zero-order valence-corrected chi connectivity index (χ0v) is 9.33. The molecule has 0 unspecified atom stereocenters. The lowest BCUT2D eigenvalue weighted by atomic mass is 10.2. The maximum Gasteiger partial charge on any atom is 0.131 e. The van der Waals surface area contributed by atoms with E-state index >= 15 is 0 Å². The summed E-state index contributed by atoms with van der Waals surface area (Å²) in [5.74, 6) is 6.24. The highest BCUT2D eigenvalue weighted by Gasteiger charge is 2.23. The highest BCUT2D eigenvalue weighted by atomic mass is 79.9. The van der Waals surface area contributed by atoms with Crippen molar-refractivity contribution in [2.24, 2.45) is 0 Å². The molecule has 72 valence electrons. The van der Waals surface area contributed by atoms with Crippen LogP contribution in [0.4, 0.5) is 0 Å². The molecule has 0 radical (unpaired) electrons. The van der Waals surface area contributed by atoms with Gasteiger partial charge in [-0.2, -0.15) is 0 Å². The van der Waals surface area contributed by atoms with Crippen LogP contribution in [-0.4, -0.2) is 17.5 Å². The van der Waals surface area contributed by atoms with E-state index in [-0.39, 0.29) is 6.10 Å². The van der Waals surface area contributed by atoms with E-state index in [4.69, 9.17) is 4.74 Å². The molecule has 2 atom stereocenters. The molecule has 1 aromatic carbocycles. The number of alkyl halides is 1. The summed E-state index contributed by atoms with van der Waals surface area (Å²) < 4.78 is 5.47. The van der Waals surface area contributed by atoms with Crippen molar-refractivity contribution in [2.75, 3.05) is 6.61 Å². The fraction of sp³-hybridized carbons (Fsp3) is 0.333. The van der Waals surface area contributed by atoms with Crippen molar-refractivity contribution >= 4 is 15.9 Å². The van der Waals surface area contributed by atoms with E-state index in [9.17, 15) is 0 Å². The molecule has 1 aliphatic rings. The maximum absolute atomic E-state index is 5.47. The Morgan fingerprint density at radius 2 is 2.07 bits per heavy atom. The molecule has 0 N–H and O–H groups in total. The van der Waals surface area contributed by atoms with Gasteiger partial charge in [0, 0.05) is 12.2 Å². The summed E-state index contributed by atoms with van der Waals surface area (Å²) in [6.07, 6.45) is 1.10. The largest absolute Gasteiger partial charge is 0.364 e. The molecule has 2 rings (SSSR count). The van der Waals surface area contributed by atoms with Gasteiger partial charge in [0.05, 0.1) is 4.83 Å². The van der Waals surface area contributed by atoms with Gasteiger partial charge in [-0.3, -0.25) is 0 Å². The lowest BCUT2D eigenvalue weighted by Gasteiger charge is -2.03. The van der Waals surface area contributed by atoms with Gasteiger partial charge in [0.25, 0.3) is 0 Å². The second-order valence-electron chi connectivity index (χ2n) is 3.23. The SMILES string of the molecule is Br[C@H]1CCO[C@@H]1C#Cc1ccccc1. The van der Waals surface area contributed by atoms with Gasteiger partial charge < -0.3 is 4.74 Å². The fourth-order valence-electron chi connectivity index (χ4n) is 1.37. The van der Waals surface area contributed by atoms with Crippen LogP contribution in [0.25, 0.3) is 0 Å². The van der Waals surface area contributed by atoms with Crippen molar-refractivity contribution in [2.45, 2.75) is 17.4 Å². The first kappa shape index (κ1) is 9.76. The highest BCUT2D eigenvalue weighted by Crippen LogP contribution is 2.20. The summed E-state index contributed by atoms with van der Waals surface area (Å²) >= 11 is 3.55. The van der Waals surface area contributed by atoms with Crippen LogP contribution in [0.1, 0.15) is 12.0 Å². The van der Waals surface area contributed by atoms with Gasteiger partial charge in [0.1, 0.15) is 6.10 Å². The quantitative estimate of drug-likeness (QED) is 0.508. The molecule has 1 aliphatic heterocycles. The molecule has 1 fully saturated rings. The second-order valence-corrected chi connectivity index (χ2v) is 4.41. The average Bonchev–Trinajstić information content (AvgIpc) is 2.63. The van der Waals surface area contributed by atoms with Crippen molar-refractivity contribution in [3.05, 3.63) is 35.9 Å². The summed E-state index contributed by atoms with van der Waals surface area (Å²) in [5, 5.41) is 0. The molecule has 1 nitrogen and oxygen atoms in total. The third-order valence-corrected chi connectivity index (χ3v) is 3.09. The number of hydrogen-bond acceptors (Lipinski definition) is 1. The second kappa shape index (κ2) is 4.63. The first-order valence-corrected chi connectivity index (χ1v) is 5.60. The van der Waals surface area contributed by atoms with E-state index in [1.54, 1.807) is 0 Å². The Morgan fingerprint density at radius 1 is 1.29 bits per heavy atom. The van der Waals surface area contributed by atoms with E-state index in [1.807, 2.05) is 30.3 Å². The standard InChI is InChI=1S/C12H11BrO/c13-11-8-9-14-12(11)7-6-10-4-2-1-3-5-10/h1-5,11-12H,8-9H2/t11-,12+/m0/s1. The molecule has 1 heterocycles. The molecule has 1 aromatic rings. The molecule has 0 amide bonds. The van der Waals surface area contributed by atoms with E-state index < -0.39 is 0 Å². The Bertz CT molecular complexity index is 350. The predicted octanol–water partition coefficient (Wildman–Crippen LogP) is 2.59. The first-order chi connectivity index (χ1) is 6.86. The molecule has 0 aromatic heterocycles. The molecule has 0 aliphatic carbocycles. The molecular weight excluding hydrogens is 240 g/mol.